The smallest absolute Gasteiger partial charge is 0.246 e. The Kier molecular flexibility index (Phi) is 2.83. The van der Waals surface area contributed by atoms with Crippen LogP contribution in [0.25, 0.3) is 0 Å². The molecule has 1 heterocycles. The minimum absolute atomic E-state index is 0.165. The first-order valence-electron chi connectivity index (χ1n) is 5.74. The van der Waals surface area contributed by atoms with Gasteiger partial charge in [0.25, 0.3) is 0 Å². The van der Waals surface area contributed by atoms with E-state index in [4.69, 9.17) is 12.2 Å². The number of halogens is 1. The van der Waals surface area contributed by atoms with Gasteiger partial charge < -0.3 is 0 Å². The maximum absolute atomic E-state index is 12.9. The summed E-state index contributed by atoms with van der Waals surface area (Å²) in [5, 5.41) is 0.183. The number of thiocarbonyl (C=S) groups is 1. The second kappa shape index (κ2) is 4.51. The van der Waals surface area contributed by atoms with Crippen LogP contribution < -0.4 is 4.90 Å². The minimum Gasteiger partial charge on any atom is -0.273 e. The van der Waals surface area contributed by atoms with E-state index < -0.39 is 5.92 Å². The maximum Gasteiger partial charge on any atom is 0.246 e. The second-order valence-electron chi connectivity index (χ2n) is 4.19. The molecule has 1 unspecified atom stereocenters. The van der Waals surface area contributed by atoms with E-state index >= 15 is 0 Å². The van der Waals surface area contributed by atoms with Crippen molar-refractivity contribution in [3.05, 3.63) is 54.4 Å². The number of benzene rings is 1. The number of anilines is 1. The molecule has 0 saturated heterocycles. The zero-order chi connectivity index (χ0) is 13.4. The molecule has 1 amide bonds. The second-order valence-corrected chi connectivity index (χ2v) is 4.56. The van der Waals surface area contributed by atoms with Crippen LogP contribution >= 0.6 is 12.2 Å². The molecule has 94 valence electrons. The number of allylic oxidation sites excluding steroid dienone is 3. The van der Waals surface area contributed by atoms with Crippen LogP contribution in [-0.2, 0) is 4.79 Å². The number of amides is 1. The highest BCUT2D eigenvalue weighted by Crippen LogP contribution is 2.25. The van der Waals surface area contributed by atoms with Gasteiger partial charge in [-0.3, -0.25) is 9.69 Å². The van der Waals surface area contributed by atoms with E-state index in [-0.39, 0.29) is 16.8 Å². The summed E-state index contributed by atoms with van der Waals surface area (Å²) in [4.78, 5) is 18.0. The van der Waals surface area contributed by atoms with Crippen molar-refractivity contribution < 1.29 is 9.18 Å². The van der Waals surface area contributed by atoms with Gasteiger partial charge in [-0.2, -0.15) is 0 Å². The molecule has 1 aromatic rings. The molecular weight excluding hydrogens is 263 g/mol. The molecule has 3 rings (SSSR count). The third kappa shape index (κ3) is 2.02. The molecule has 0 aromatic heterocycles. The lowest BCUT2D eigenvalue weighted by atomic mass is 9.95. The zero-order valence-corrected chi connectivity index (χ0v) is 10.6. The van der Waals surface area contributed by atoms with Crippen molar-refractivity contribution in [3.8, 4) is 0 Å². The van der Waals surface area contributed by atoms with Crippen LogP contribution in [0.5, 0.6) is 0 Å². The lowest BCUT2D eigenvalue weighted by Crippen LogP contribution is -2.46. The van der Waals surface area contributed by atoms with Gasteiger partial charge in [0.1, 0.15) is 5.82 Å². The number of rotatable bonds is 1. The molecule has 1 atom stereocenters. The number of carbonyl (C=O) groups is 1. The Morgan fingerprint density at radius 2 is 1.95 bits per heavy atom. The van der Waals surface area contributed by atoms with Gasteiger partial charge in [-0.05, 0) is 42.6 Å². The Balaban J connectivity index is 2.03. The first kappa shape index (κ1) is 11.9. The molecule has 19 heavy (non-hydrogen) atoms. The number of carbonyl (C=O) groups excluding carboxylic acids is 1. The summed E-state index contributed by atoms with van der Waals surface area (Å²) < 4.78 is 12.9. The van der Waals surface area contributed by atoms with Crippen molar-refractivity contribution in [2.24, 2.45) is 10.9 Å². The van der Waals surface area contributed by atoms with Gasteiger partial charge in [0, 0.05) is 0 Å². The van der Waals surface area contributed by atoms with Gasteiger partial charge in [0.2, 0.25) is 11.0 Å². The van der Waals surface area contributed by atoms with Crippen LogP contribution in [0.3, 0.4) is 0 Å². The summed E-state index contributed by atoms with van der Waals surface area (Å²) in [5.41, 5.74) is 1.18. The predicted octanol–water partition coefficient (Wildman–Crippen LogP) is 2.64. The Bertz CT molecular complexity index is 646. The zero-order valence-electron chi connectivity index (χ0n) is 9.79. The number of aliphatic imine (C=N–C) groups is 1. The molecule has 3 nitrogen and oxygen atoms in total. The molecule has 0 spiro atoms. The van der Waals surface area contributed by atoms with Crippen LogP contribution in [0.4, 0.5) is 10.1 Å². The average molecular weight is 272 g/mol. The predicted molar refractivity (Wildman–Crippen MR) is 75.7 cm³/mol. The van der Waals surface area contributed by atoms with Crippen molar-refractivity contribution >= 4 is 34.6 Å². The third-order valence-electron chi connectivity index (χ3n) is 2.99. The van der Waals surface area contributed by atoms with Crippen molar-refractivity contribution in [3.63, 3.8) is 0 Å². The van der Waals surface area contributed by atoms with E-state index in [0.717, 1.165) is 0 Å². The van der Waals surface area contributed by atoms with Crippen molar-refractivity contribution in [1.82, 2.24) is 0 Å². The van der Waals surface area contributed by atoms with Crippen LogP contribution in [0.15, 0.2) is 53.6 Å². The van der Waals surface area contributed by atoms with E-state index in [0.29, 0.717) is 11.4 Å². The molecule has 2 aliphatic rings. The molecule has 0 radical (unpaired) electrons. The molecule has 1 aliphatic carbocycles. The maximum atomic E-state index is 12.9. The summed E-state index contributed by atoms with van der Waals surface area (Å²) in [5.74, 6) is -0.937. The highest BCUT2D eigenvalue weighted by atomic mass is 32.1. The van der Waals surface area contributed by atoms with Gasteiger partial charge in [-0.1, -0.05) is 18.2 Å². The summed E-state index contributed by atoms with van der Waals surface area (Å²) in [6.07, 6.45) is 7.17. The Labute approximate surface area is 114 Å². The summed E-state index contributed by atoms with van der Waals surface area (Å²) in [6.45, 7) is 0. The van der Waals surface area contributed by atoms with Gasteiger partial charge in [-0.25, -0.2) is 9.38 Å². The Morgan fingerprint density at radius 1 is 1.21 bits per heavy atom. The summed E-state index contributed by atoms with van der Waals surface area (Å²) in [7, 11) is 0. The quantitative estimate of drug-likeness (QED) is 0.736. The molecule has 0 saturated carbocycles. The topological polar surface area (TPSA) is 32.7 Å². The summed E-state index contributed by atoms with van der Waals surface area (Å²) in [6, 6.07) is 5.62. The molecule has 1 aromatic carbocycles. The van der Waals surface area contributed by atoms with Gasteiger partial charge in [0.05, 0.1) is 17.3 Å². The standard InChI is InChI=1S/C14H9FN2OS/c15-9-5-7-10(8-6-9)17-13(18)11-3-1-2-4-12(11)16-14(17)19/h1-8,11H. The van der Waals surface area contributed by atoms with Crippen molar-refractivity contribution in [1.29, 1.82) is 0 Å². The SMILES string of the molecule is O=C1C2C=CC=CC2=NC(=S)N1c1ccc(F)cc1. The minimum atomic E-state index is -0.415. The first-order valence-corrected chi connectivity index (χ1v) is 6.14. The van der Waals surface area contributed by atoms with Gasteiger partial charge in [-0.15, -0.1) is 0 Å². The van der Waals surface area contributed by atoms with Crippen LogP contribution in [0, 0.1) is 11.7 Å². The third-order valence-corrected chi connectivity index (χ3v) is 3.26. The average Bonchev–Trinajstić information content (AvgIpc) is 2.41. The molecule has 0 bridgehead atoms. The van der Waals surface area contributed by atoms with Crippen LogP contribution in [-0.4, -0.2) is 16.7 Å². The number of nitrogens with zero attached hydrogens (tertiary/aromatic N) is 2. The van der Waals surface area contributed by atoms with Crippen molar-refractivity contribution in [2.75, 3.05) is 4.90 Å². The first-order chi connectivity index (χ1) is 9.16. The summed E-state index contributed by atoms with van der Waals surface area (Å²) >= 11 is 5.15. The number of fused-ring (bicyclic) bond motifs is 1. The molecule has 5 heteroatoms. The Morgan fingerprint density at radius 3 is 2.68 bits per heavy atom. The van der Waals surface area contributed by atoms with E-state index in [1.807, 2.05) is 6.08 Å². The molecule has 0 N–H and O–H groups in total. The van der Waals surface area contributed by atoms with E-state index in [1.54, 1.807) is 18.2 Å². The largest absolute Gasteiger partial charge is 0.273 e. The fourth-order valence-electron chi connectivity index (χ4n) is 2.07. The van der Waals surface area contributed by atoms with Crippen molar-refractivity contribution in [2.45, 2.75) is 0 Å². The fraction of sp³-hybridized carbons (Fsp3) is 0.0714. The van der Waals surface area contributed by atoms with Crippen LogP contribution in [0.1, 0.15) is 0 Å². The van der Waals surface area contributed by atoms with E-state index in [2.05, 4.69) is 4.99 Å². The van der Waals surface area contributed by atoms with Crippen LogP contribution in [0.2, 0.25) is 0 Å². The van der Waals surface area contributed by atoms with Gasteiger partial charge >= 0.3 is 0 Å². The molecule has 1 aliphatic heterocycles. The number of hydrogen-bond donors (Lipinski definition) is 0. The van der Waals surface area contributed by atoms with E-state index in [1.165, 1.54) is 29.2 Å². The molecular formula is C14H9FN2OS. The molecule has 0 fully saturated rings. The number of hydrogen-bond acceptors (Lipinski definition) is 2. The lowest BCUT2D eigenvalue weighted by Gasteiger charge is -2.30. The Hall–Kier alpha value is -2.14. The fourth-order valence-corrected chi connectivity index (χ4v) is 2.37. The highest BCUT2D eigenvalue weighted by molar-refractivity contribution is 7.80. The van der Waals surface area contributed by atoms with Gasteiger partial charge in [0.15, 0.2) is 0 Å². The highest BCUT2D eigenvalue weighted by Gasteiger charge is 2.34. The normalized spacial score (nSPS) is 21.4. The lowest BCUT2D eigenvalue weighted by molar-refractivity contribution is -0.118. The van der Waals surface area contributed by atoms with E-state index in [9.17, 15) is 9.18 Å². The monoisotopic (exact) mass is 272 g/mol.